The van der Waals surface area contributed by atoms with E-state index in [-0.39, 0.29) is 47.0 Å². The van der Waals surface area contributed by atoms with Crippen LogP contribution in [0.15, 0.2) is 64.2 Å². The normalized spacial score (nSPS) is 20.2. The number of nitrogens with one attached hydrogen (secondary N) is 1. The topological polar surface area (TPSA) is 128 Å². The molecule has 0 bridgehead atoms. The van der Waals surface area contributed by atoms with Gasteiger partial charge in [-0.3, -0.25) is 19.6 Å². The van der Waals surface area contributed by atoms with Crippen molar-refractivity contribution < 1.29 is 33.0 Å². The third-order valence-corrected chi connectivity index (χ3v) is 9.84. The predicted molar refractivity (Wildman–Crippen MR) is 172 cm³/mol. The summed E-state index contributed by atoms with van der Waals surface area (Å²) in [6.07, 6.45) is 1.63. The highest BCUT2D eigenvalue weighted by Gasteiger charge is 2.43. The zero-order valence-electron chi connectivity index (χ0n) is 25.7. The Kier molecular flexibility index (Phi) is 8.76. The molecule has 47 heavy (non-hydrogen) atoms. The standard InChI is InChI=1S/C32H31ClF2N6O5S/c1-32(2,30(43)44)17-4-7-24(22(35)12-17)41-15-19-14-39(9-10-40(19)31(41)45)16-23-25(29(42)46-3)26(20-6-5-18(34)13-21(20)33)38-27(37-23)28-36-8-11-47-28/h4-8,11-13,19,26H,9-10,14-16H2,1-3H3,(H,37,38)(H,43,44)/t19-,26?/m0/s1. The van der Waals surface area contributed by atoms with E-state index in [1.165, 1.54) is 67.5 Å². The number of carboxylic acids is 1. The fourth-order valence-electron chi connectivity index (χ4n) is 6.05. The number of amides is 2. The van der Waals surface area contributed by atoms with Crippen molar-refractivity contribution in [2.24, 2.45) is 4.99 Å². The minimum absolute atomic E-state index is 0.0776. The summed E-state index contributed by atoms with van der Waals surface area (Å²) in [5.74, 6) is -2.52. The molecule has 0 radical (unpaired) electrons. The van der Waals surface area contributed by atoms with Crippen LogP contribution in [0.5, 0.6) is 0 Å². The van der Waals surface area contributed by atoms with Crippen molar-refractivity contribution in [1.29, 1.82) is 0 Å². The minimum atomic E-state index is -1.30. The maximum absolute atomic E-state index is 15.3. The van der Waals surface area contributed by atoms with Crippen LogP contribution in [0.1, 0.15) is 36.0 Å². The van der Waals surface area contributed by atoms with Gasteiger partial charge in [-0.25, -0.2) is 23.4 Å². The van der Waals surface area contributed by atoms with E-state index >= 15 is 4.39 Å². The molecule has 2 aromatic carbocycles. The van der Waals surface area contributed by atoms with Crippen LogP contribution >= 0.6 is 22.9 Å². The highest BCUT2D eigenvalue weighted by Crippen LogP contribution is 2.38. The minimum Gasteiger partial charge on any atom is -0.481 e. The lowest BCUT2D eigenvalue weighted by Crippen LogP contribution is -2.53. The van der Waals surface area contributed by atoms with Gasteiger partial charge >= 0.3 is 18.0 Å². The third-order valence-electron chi connectivity index (χ3n) is 8.74. The van der Waals surface area contributed by atoms with Crippen LogP contribution in [-0.2, 0) is 19.7 Å². The number of aromatic nitrogens is 1. The quantitative estimate of drug-likeness (QED) is 0.330. The van der Waals surface area contributed by atoms with E-state index < -0.39 is 35.0 Å². The van der Waals surface area contributed by atoms with Gasteiger partial charge in [-0.05, 0) is 43.7 Å². The summed E-state index contributed by atoms with van der Waals surface area (Å²) < 4.78 is 34.5. The number of methoxy groups -OCH3 is 1. The number of esters is 1. The Morgan fingerprint density at radius 2 is 1.96 bits per heavy atom. The summed E-state index contributed by atoms with van der Waals surface area (Å²) in [6.45, 7) is 4.66. The molecule has 1 unspecified atom stereocenters. The number of amidine groups is 1. The van der Waals surface area contributed by atoms with Gasteiger partial charge < -0.3 is 20.1 Å². The number of anilines is 1. The Bertz CT molecular complexity index is 1820. The Labute approximate surface area is 278 Å². The number of urea groups is 1. The van der Waals surface area contributed by atoms with Gasteiger partial charge in [0.05, 0.1) is 29.8 Å². The highest BCUT2D eigenvalue weighted by molar-refractivity contribution is 7.11. The average molecular weight is 685 g/mol. The number of aliphatic carboxylic acids is 1. The number of halogens is 3. The molecule has 1 aromatic heterocycles. The van der Waals surface area contributed by atoms with Crippen molar-refractivity contribution in [2.75, 3.05) is 44.7 Å². The second kappa shape index (κ2) is 12.7. The van der Waals surface area contributed by atoms with E-state index in [1.807, 2.05) is 0 Å². The van der Waals surface area contributed by atoms with E-state index in [0.717, 1.165) is 6.07 Å². The number of rotatable bonds is 8. The van der Waals surface area contributed by atoms with Gasteiger partial charge in [0.25, 0.3) is 0 Å². The lowest BCUT2D eigenvalue weighted by molar-refractivity contribution is -0.142. The summed E-state index contributed by atoms with van der Waals surface area (Å²) >= 11 is 7.81. The molecule has 2 amide bonds. The van der Waals surface area contributed by atoms with Crippen LogP contribution in [0, 0.1) is 11.6 Å². The number of nitrogens with zero attached hydrogens (tertiary/aromatic N) is 5. The van der Waals surface area contributed by atoms with Crippen molar-refractivity contribution in [1.82, 2.24) is 20.1 Å². The predicted octanol–water partition coefficient (Wildman–Crippen LogP) is 4.58. The molecule has 3 aromatic rings. The monoisotopic (exact) mass is 684 g/mol. The van der Waals surface area contributed by atoms with Gasteiger partial charge in [-0.1, -0.05) is 23.7 Å². The first-order valence-electron chi connectivity index (χ1n) is 14.7. The number of carbonyl (C=O) groups excluding carboxylic acids is 2. The van der Waals surface area contributed by atoms with E-state index in [1.54, 1.807) is 16.5 Å². The smallest absolute Gasteiger partial charge is 0.338 e. The average Bonchev–Trinajstić information content (AvgIpc) is 3.69. The maximum Gasteiger partial charge on any atom is 0.338 e. The molecule has 246 valence electrons. The highest BCUT2D eigenvalue weighted by atomic mass is 35.5. The summed E-state index contributed by atoms with van der Waals surface area (Å²) in [5, 5.41) is 15.3. The number of carbonyl (C=O) groups is 3. The van der Waals surface area contributed by atoms with Gasteiger partial charge in [0.1, 0.15) is 17.7 Å². The SMILES string of the molecule is COC(=O)C1=C(CN2CCN3C(=O)N(c4ccc(C(C)(C)C(=O)O)cc4F)C[C@@H]3C2)NC(c2nccs2)=NC1c1ccc(F)cc1Cl. The zero-order chi connectivity index (χ0) is 33.6. The summed E-state index contributed by atoms with van der Waals surface area (Å²) in [4.78, 5) is 52.7. The van der Waals surface area contributed by atoms with Gasteiger partial charge in [0.15, 0.2) is 10.8 Å². The molecule has 2 atom stereocenters. The number of aliphatic imine (C=N–C) groups is 1. The number of ether oxygens (including phenoxy) is 1. The molecule has 6 rings (SSSR count). The van der Waals surface area contributed by atoms with Crippen molar-refractivity contribution in [3.05, 3.63) is 92.0 Å². The number of hydrogen-bond acceptors (Lipinski definition) is 9. The molecule has 15 heteroatoms. The van der Waals surface area contributed by atoms with Crippen LogP contribution in [0.2, 0.25) is 5.02 Å². The second-order valence-corrected chi connectivity index (χ2v) is 13.3. The number of fused-ring (bicyclic) bond motifs is 1. The fourth-order valence-corrected chi connectivity index (χ4v) is 6.90. The van der Waals surface area contributed by atoms with Gasteiger partial charge in [0, 0.05) is 60.6 Å². The first-order chi connectivity index (χ1) is 22.4. The molecular formula is C32H31ClF2N6O5S. The van der Waals surface area contributed by atoms with E-state index in [2.05, 4.69) is 15.2 Å². The van der Waals surface area contributed by atoms with Crippen LogP contribution in [0.3, 0.4) is 0 Å². The van der Waals surface area contributed by atoms with E-state index in [0.29, 0.717) is 41.7 Å². The summed E-state index contributed by atoms with van der Waals surface area (Å²) in [5.41, 5.74) is 0.191. The van der Waals surface area contributed by atoms with Crippen molar-refractivity contribution in [3.8, 4) is 0 Å². The summed E-state index contributed by atoms with van der Waals surface area (Å²) in [7, 11) is 1.27. The number of thiazole rings is 1. The Morgan fingerprint density at radius 3 is 2.62 bits per heavy atom. The molecule has 4 heterocycles. The first-order valence-corrected chi connectivity index (χ1v) is 16.0. The fraction of sp³-hybridized carbons (Fsp3) is 0.344. The Morgan fingerprint density at radius 1 is 1.17 bits per heavy atom. The molecule has 3 aliphatic heterocycles. The van der Waals surface area contributed by atoms with E-state index in [4.69, 9.17) is 21.3 Å². The van der Waals surface area contributed by atoms with Crippen LogP contribution < -0.4 is 10.2 Å². The molecule has 0 saturated carbocycles. The number of piperazine rings is 1. The third kappa shape index (κ3) is 6.08. The van der Waals surface area contributed by atoms with Crippen molar-refractivity contribution in [3.63, 3.8) is 0 Å². The first kappa shape index (κ1) is 32.5. The number of benzene rings is 2. The lowest BCUT2D eigenvalue weighted by atomic mass is 9.84. The van der Waals surface area contributed by atoms with Crippen LogP contribution in [-0.4, -0.2) is 89.6 Å². The zero-order valence-corrected chi connectivity index (χ0v) is 27.2. The molecule has 3 aliphatic rings. The lowest BCUT2D eigenvalue weighted by Gasteiger charge is -2.38. The van der Waals surface area contributed by atoms with Gasteiger partial charge in [0.2, 0.25) is 0 Å². The van der Waals surface area contributed by atoms with Gasteiger partial charge in [-0.15, -0.1) is 11.3 Å². The molecule has 0 aliphatic carbocycles. The largest absolute Gasteiger partial charge is 0.481 e. The molecule has 2 fully saturated rings. The van der Waals surface area contributed by atoms with Crippen LogP contribution in [0.25, 0.3) is 0 Å². The Hall–Kier alpha value is -4.40. The van der Waals surface area contributed by atoms with Gasteiger partial charge in [-0.2, -0.15) is 0 Å². The summed E-state index contributed by atoms with van der Waals surface area (Å²) in [6, 6.07) is 6.52. The molecule has 11 nitrogen and oxygen atoms in total. The number of hydrogen-bond donors (Lipinski definition) is 2. The van der Waals surface area contributed by atoms with Crippen molar-refractivity contribution >= 4 is 52.4 Å². The number of carboxylic acid groups (broad SMARTS) is 1. The molecule has 0 spiro atoms. The maximum atomic E-state index is 15.3. The van der Waals surface area contributed by atoms with Crippen LogP contribution in [0.4, 0.5) is 19.3 Å². The molecular weight excluding hydrogens is 654 g/mol. The molecule has 2 saturated heterocycles. The van der Waals surface area contributed by atoms with Crippen molar-refractivity contribution in [2.45, 2.75) is 31.3 Å². The van der Waals surface area contributed by atoms with E-state index in [9.17, 15) is 23.9 Å². The molecule has 2 N–H and O–H groups in total. The Balaban J connectivity index is 1.27. The second-order valence-electron chi connectivity index (χ2n) is 12.0.